The van der Waals surface area contributed by atoms with Gasteiger partial charge in [0.2, 0.25) is 0 Å². The fraction of sp³-hybridized carbons (Fsp3) is 0.571. The Balaban J connectivity index is 2.74. The highest BCUT2D eigenvalue weighted by molar-refractivity contribution is 6.42. The molecule has 1 aromatic carbocycles. The lowest BCUT2D eigenvalue weighted by Crippen LogP contribution is -2.30. The highest BCUT2D eigenvalue weighted by Gasteiger charge is 2.15. The molecular weight excluding hydrogens is 267 g/mol. The summed E-state index contributed by atoms with van der Waals surface area (Å²) in [5.41, 5.74) is 1.07. The third-order valence-electron chi connectivity index (χ3n) is 3.36. The standard InChI is InChI=1S/C14H22Cl2N2/c1-10(2)18(4)9-8-13(17-3)11-6-5-7-12(15)14(11)16/h5-7,10,13,17H,8-9H2,1-4H3. The lowest BCUT2D eigenvalue weighted by atomic mass is 10.0. The zero-order valence-corrected chi connectivity index (χ0v) is 13.0. The molecule has 0 radical (unpaired) electrons. The van der Waals surface area contributed by atoms with Crippen LogP contribution in [0.4, 0.5) is 0 Å². The molecule has 0 heterocycles. The van der Waals surface area contributed by atoms with Crippen molar-refractivity contribution < 1.29 is 0 Å². The topological polar surface area (TPSA) is 15.3 Å². The molecule has 0 aromatic heterocycles. The summed E-state index contributed by atoms with van der Waals surface area (Å²) in [6.45, 7) is 5.41. The smallest absolute Gasteiger partial charge is 0.0640 e. The molecule has 0 spiro atoms. The number of benzene rings is 1. The molecule has 18 heavy (non-hydrogen) atoms. The SMILES string of the molecule is CNC(CCN(C)C(C)C)c1cccc(Cl)c1Cl. The Hall–Kier alpha value is -0.280. The molecule has 1 atom stereocenters. The van der Waals surface area contributed by atoms with E-state index in [-0.39, 0.29) is 6.04 Å². The first-order valence-electron chi connectivity index (χ1n) is 6.28. The van der Waals surface area contributed by atoms with Crippen molar-refractivity contribution >= 4 is 23.2 Å². The lowest BCUT2D eigenvalue weighted by Gasteiger charge is -2.25. The molecule has 1 N–H and O–H groups in total. The highest BCUT2D eigenvalue weighted by atomic mass is 35.5. The van der Waals surface area contributed by atoms with Gasteiger partial charge in [-0.2, -0.15) is 0 Å². The van der Waals surface area contributed by atoms with Crippen LogP contribution in [0.2, 0.25) is 10.0 Å². The average molecular weight is 289 g/mol. The zero-order chi connectivity index (χ0) is 13.7. The first kappa shape index (κ1) is 15.8. The van der Waals surface area contributed by atoms with E-state index in [1.54, 1.807) is 0 Å². The molecule has 1 unspecified atom stereocenters. The van der Waals surface area contributed by atoms with Crippen LogP contribution in [0.25, 0.3) is 0 Å². The van der Waals surface area contributed by atoms with E-state index in [1.807, 2.05) is 25.2 Å². The van der Waals surface area contributed by atoms with Gasteiger partial charge < -0.3 is 10.2 Å². The molecule has 4 heteroatoms. The van der Waals surface area contributed by atoms with Gasteiger partial charge in [-0.1, -0.05) is 35.3 Å². The van der Waals surface area contributed by atoms with Gasteiger partial charge in [0.1, 0.15) is 0 Å². The van der Waals surface area contributed by atoms with Gasteiger partial charge in [-0.15, -0.1) is 0 Å². The van der Waals surface area contributed by atoms with Crippen molar-refractivity contribution in [2.75, 3.05) is 20.6 Å². The van der Waals surface area contributed by atoms with Crippen LogP contribution in [0.1, 0.15) is 31.9 Å². The Morgan fingerprint density at radius 2 is 1.94 bits per heavy atom. The van der Waals surface area contributed by atoms with Crippen LogP contribution in [-0.2, 0) is 0 Å². The van der Waals surface area contributed by atoms with Crippen LogP contribution < -0.4 is 5.32 Å². The number of nitrogens with one attached hydrogen (secondary N) is 1. The van der Waals surface area contributed by atoms with E-state index in [2.05, 4.69) is 31.1 Å². The first-order valence-corrected chi connectivity index (χ1v) is 7.04. The van der Waals surface area contributed by atoms with Crippen LogP contribution in [0, 0.1) is 0 Å². The Kier molecular flexibility index (Phi) is 6.44. The van der Waals surface area contributed by atoms with Gasteiger partial charge in [0.15, 0.2) is 0 Å². The van der Waals surface area contributed by atoms with Crippen LogP contribution in [0.15, 0.2) is 18.2 Å². The van der Waals surface area contributed by atoms with Gasteiger partial charge in [0, 0.05) is 12.1 Å². The van der Waals surface area contributed by atoms with Gasteiger partial charge in [0.05, 0.1) is 10.0 Å². The van der Waals surface area contributed by atoms with Crippen LogP contribution in [0.5, 0.6) is 0 Å². The number of rotatable bonds is 6. The molecule has 0 aliphatic carbocycles. The summed E-state index contributed by atoms with van der Waals surface area (Å²) in [7, 11) is 4.09. The van der Waals surface area contributed by atoms with E-state index in [0.29, 0.717) is 16.1 Å². The molecular formula is C14H22Cl2N2. The molecule has 1 aromatic rings. The number of halogens is 2. The monoisotopic (exact) mass is 288 g/mol. The van der Waals surface area contributed by atoms with Crippen molar-refractivity contribution in [3.05, 3.63) is 33.8 Å². The van der Waals surface area contributed by atoms with Gasteiger partial charge in [-0.05, 0) is 52.5 Å². The fourth-order valence-electron chi connectivity index (χ4n) is 1.84. The maximum atomic E-state index is 6.26. The average Bonchev–Trinajstić information content (AvgIpc) is 2.34. The van der Waals surface area contributed by atoms with Crippen molar-refractivity contribution in [2.45, 2.75) is 32.4 Å². The molecule has 0 saturated heterocycles. The quantitative estimate of drug-likeness (QED) is 0.852. The summed E-state index contributed by atoms with van der Waals surface area (Å²) in [5.74, 6) is 0. The zero-order valence-electron chi connectivity index (χ0n) is 11.5. The highest BCUT2D eigenvalue weighted by Crippen LogP contribution is 2.31. The predicted molar refractivity (Wildman–Crippen MR) is 80.6 cm³/mol. The minimum Gasteiger partial charge on any atom is -0.313 e. The molecule has 2 nitrogen and oxygen atoms in total. The maximum absolute atomic E-state index is 6.26. The molecule has 0 saturated carbocycles. The van der Waals surface area contributed by atoms with Gasteiger partial charge in [-0.3, -0.25) is 0 Å². The van der Waals surface area contributed by atoms with E-state index in [4.69, 9.17) is 23.2 Å². The normalized spacial score (nSPS) is 13.3. The number of nitrogens with zero attached hydrogens (tertiary/aromatic N) is 1. The second-order valence-corrected chi connectivity index (χ2v) is 5.63. The van der Waals surface area contributed by atoms with E-state index in [1.165, 1.54) is 0 Å². The van der Waals surface area contributed by atoms with E-state index in [0.717, 1.165) is 18.5 Å². The first-order chi connectivity index (χ1) is 8.47. The molecule has 0 bridgehead atoms. The molecule has 1 rings (SSSR count). The minimum atomic E-state index is 0.234. The summed E-state index contributed by atoms with van der Waals surface area (Å²) in [4.78, 5) is 2.32. The van der Waals surface area contributed by atoms with E-state index in [9.17, 15) is 0 Å². The second-order valence-electron chi connectivity index (χ2n) is 4.85. The Morgan fingerprint density at radius 1 is 1.28 bits per heavy atom. The summed E-state index contributed by atoms with van der Waals surface area (Å²) < 4.78 is 0. The summed E-state index contributed by atoms with van der Waals surface area (Å²) in [6, 6.07) is 6.58. The number of hydrogen-bond donors (Lipinski definition) is 1. The number of hydrogen-bond acceptors (Lipinski definition) is 2. The van der Waals surface area contributed by atoms with Crippen LogP contribution in [-0.4, -0.2) is 31.6 Å². The third-order valence-corrected chi connectivity index (χ3v) is 4.19. The van der Waals surface area contributed by atoms with Crippen molar-refractivity contribution in [1.82, 2.24) is 10.2 Å². The molecule has 102 valence electrons. The van der Waals surface area contributed by atoms with Crippen molar-refractivity contribution in [2.24, 2.45) is 0 Å². The van der Waals surface area contributed by atoms with Crippen LogP contribution >= 0.6 is 23.2 Å². The van der Waals surface area contributed by atoms with Gasteiger partial charge in [-0.25, -0.2) is 0 Å². The molecule has 0 aliphatic heterocycles. The van der Waals surface area contributed by atoms with Gasteiger partial charge in [0.25, 0.3) is 0 Å². The Labute approximate surface area is 120 Å². The maximum Gasteiger partial charge on any atom is 0.0640 e. The Bertz CT molecular complexity index is 380. The largest absolute Gasteiger partial charge is 0.313 e. The van der Waals surface area contributed by atoms with Crippen molar-refractivity contribution in [3.8, 4) is 0 Å². The van der Waals surface area contributed by atoms with Crippen molar-refractivity contribution in [3.63, 3.8) is 0 Å². The third kappa shape index (κ3) is 4.13. The molecule has 0 fully saturated rings. The summed E-state index contributed by atoms with van der Waals surface area (Å²) in [5, 5.41) is 4.59. The Morgan fingerprint density at radius 3 is 2.50 bits per heavy atom. The molecule has 0 aliphatic rings. The van der Waals surface area contributed by atoms with Gasteiger partial charge >= 0.3 is 0 Å². The fourth-order valence-corrected chi connectivity index (χ4v) is 2.28. The van der Waals surface area contributed by atoms with E-state index >= 15 is 0 Å². The molecule has 0 amide bonds. The summed E-state index contributed by atoms with van der Waals surface area (Å²) >= 11 is 12.3. The second kappa shape index (κ2) is 7.34. The van der Waals surface area contributed by atoms with Crippen molar-refractivity contribution in [1.29, 1.82) is 0 Å². The van der Waals surface area contributed by atoms with Crippen LogP contribution in [0.3, 0.4) is 0 Å². The predicted octanol–water partition coefficient (Wildman–Crippen LogP) is 3.98. The minimum absolute atomic E-state index is 0.234. The summed E-state index contributed by atoms with van der Waals surface area (Å²) in [6.07, 6.45) is 1.01. The lowest BCUT2D eigenvalue weighted by molar-refractivity contribution is 0.258. The van der Waals surface area contributed by atoms with E-state index < -0.39 is 0 Å².